The van der Waals surface area contributed by atoms with Crippen molar-refractivity contribution < 1.29 is 38.3 Å². The molecule has 2 aliphatic carbocycles. The number of Topliss-reactive ketones (excluding diaryl/α,β-unsaturated/α-hetero) is 3. The highest BCUT2D eigenvalue weighted by atomic mass is 16.6. The molecule has 4 fully saturated rings. The fourth-order valence-corrected chi connectivity index (χ4v) is 8.90. The van der Waals surface area contributed by atoms with Gasteiger partial charge < -0.3 is 30.1 Å². The van der Waals surface area contributed by atoms with E-state index >= 15 is 0 Å². The van der Waals surface area contributed by atoms with Crippen LogP contribution in [0.1, 0.15) is 131 Å². The predicted molar refractivity (Wildman–Crippen MR) is 227 cm³/mol. The lowest BCUT2D eigenvalue weighted by molar-refractivity contribution is -0.143. The third-order valence-corrected chi connectivity index (χ3v) is 13.3. The molecule has 2 saturated carbocycles. The van der Waals surface area contributed by atoms with Crippen molar-refractivity contribution in [2.24, 2.45) is 34.0 Å². The number of rotatable bonds is 15. The zero-order chi connectivity index (χ0) is 43.7. The highest BCUT2D eigenvalue weighted by Gasteiger charge is 2.48. The van der Waals surface area contributed by atoms with Gasteiger partial charge in [0, 0.05) is 57.8 Å². The average molecular weight is 832 g/mol. The topological polar surface area (TPSA) is 162 Å². The smallest absolute Gasteiger partial charge is 0.410 e. The number of hydrogen-bond donors (Lipinski definition) is 2. The molecule has 60 heavy (non-hydrogen) atoms. The number of carbonyl (C=O) groups is 7. The Balaban J connectivity index is 1.20. The normalized spacial score (nSPS) is 23.3. The van der Waals surface area contributed by atoms with E-state index in [1.165, 1.54) is 10.5 Å². The molecule has 2 N–H and O–H groups in total. The number of nitrogens with zero attached hydrogens (tertiary/aromatic N) is 3. The van der Waals surface area contributed by atoms with Crippen molar-refractivity contribution in [1.82, 2.24) is 25.3 Å². The summed E-state index contributed by atoms with van der Waals surface area (Å²) >= 11 is 0. The zero-order valence-corrected chi connectivity index (χ0v) is 37.3. The molecular formula is C47H69N5O8. The second kappa shape index (κ2) is 18.0. The first-order chi connectivity index (χ1) is 28.1. The van der Waals surface area contributed by atoms with Crippen molar-refractivity contribution in [3.63, 3.8) is 0 Å². The van der Waals surface area contributed by atoms with Gasteiger partial charge in [0.1, 0.15) is 12.1 Å². The summed E-state index contributed by atoms with van der Waals surface area (Å²) in [4.78, 5) is 102. The predicted octanol–water partition coefficient (Wildman–Crippen LogP) is 6.24. The molecule has 13 nitrogen and oxygen atoms in total. The number of likely N-dealkylation sites (tertiary alicyclic amines) is 2. The number of ether oxygens (including phenoxy) is 1. The minimum atomic E-state index is -1.09. The minimum Gasteiger partial charge on any atom is -0.444 e. The number of fused-ring (bicyclic) bond motifs is 1. The van der Waals surface area contributed by atoms with E-state index in [9.17, 15) is 33.6 Å². The van der Waals surface area contributed by atoms with Crippen LogP contribution in [0.5, 0.6) is 0 Å². The Kier molecular flexibility index (Phi) is 13.6. The quantitative estimate of drug-likeness (QED) is 0.196. The first-order valence-electron chi connectivity index (χ1n) is 22.4. The molecule has 5 atom stereocenters. The summed E-state index contributed by atoms with van der Waals surface area (Å²) in [6, 6.07) is 4.81. The highest BCUT2D eigenvalue weighted by Crippen LogP contribution is 2.39. The Morgan fingerprint density at radius 3 is 2.17 bits per heavy atom. The molecule has 1 unspecified atom stereocenters. The molecule has 0 spiro atoms. The molecule has 1 aromatic rings. The van der Waals surface area contributed by atoms with E-state index < -0.39 is 70.6 Å². The van der Waals surface area contributed by atoms with E-state index in [-0.39, 0.29) is 54.7 Å². The van der Waals surface area contributed by atoms with Crippen LogP contribution >= 0.6 is 0 Å². The van der Waals surface area contributed by atoms with Gasteiger partial charge in [-0.1, -0.05) is 92.5 Å². The molecule has 0 radical (unpaired) electrons. The summed E-state index contributed by atoms with van der Waals surface area (Å²) < 4.78 is 6.06. The summed E-state index contributed by atoms with van der Waals surface area (Å²) in [5.74, 6) is -1.97. The lowest BCUT2D eigenvalue weighted by Gasteiger charge is -2.41. The van der Waals surface area contributed by atoms with Gasteiger partial charge in [-0.3, -0.25) is 24.0 Å². The molecule has 5 aliphatic rings. The highest BCUT2D eigenvalue weighted by molar-refractivity contribution is 6.38. The van der Waals surface area contributed by atoms with Crippen LogP contribution in [0, 0.1) is 34.0 Å². The Morgan fingerprint density at radius 1 is 0.883 bits per heavy atom. The molecule has 2 saturated heterocycles. The van der Waals surface area contributed by atoms with E-state index in [4.69, 9.17) is 4.74 Å². The number of hydrogen-bond acceptors (Lipinski definition) is 8. The van der Waals surface area contributed by atoms with Gasteiger partial charge in [-0.25, -0.2) is 9.59 Å². The SMILES string of the molecule is CC1(C)CCN(C[C@@H](NC(=O)N[C@H](C(=O)N2C[C@H](OC(=O)N3CCc4ccccc4C3)C[C@H]2C(=O)CC(CC2CC2)C(=O)C(=O)CC2CC2)C(C)(C)C)C(C)(C)C)C(=O)C1. The standard InChI is InChI=1S/C47H69N5O8/c1-45(2,3)38(28-50-20-18-47(7,8)25-39(50)55)48-43(58)49-41(46(4,5)6)42(57)52-27-34(60-44(59)51-19-17-31-11-9-10-12-32(31)26-51)24-35(52)36(53)23-33(21-29-13-14-29)40(56)37(54)22-30-15-16-30/h9-12,29-30,33-35,38,41H,13-28H2,1-8H3,(H2,48,49,58)/t33?,34-,35+,38-,41-/m1/s1. The molecular weight excluding hydrogens is 763 g/mol. The summed E-state index contributed by atoms with van der Waals surface area (Å²) in [7, 11) is 0. The maximum absolute atomic E-state index is 14.9. The lowest BCUT2D eigenvalue weighted by Crippen LogP contribution is -2.61. The van der Waals surface area contributed by atoms with Gasteiger partial charge in [0.25, 0.3) is 0 Å². The minimum absolute atomic E-state index is 0.0386. The van der Waals surface area contributed by atoms with Crippen LogP contribution in [-0.4, -0.2) is 106 Å². The molecule has 3 aliphatic heterocycles. The zero-order valence-electron chi connectivity index (χ0n) is 37.3. The van der Waals surface area contributed by atoms with Gasteiger partial charge in [-0.15, -0.1) is 0 Å². The van der Waals surface area contributed by atoms with Crippen LogP contribution in [0.4, 0.5) is 9.59 Å². The first kappa shape index (κ1) is 45.2. The van der Waals surface area contributed by atoms with E-state index in [0.29, 0.717) is 45.4 Å². The number of carbonyl (C=O) groups excluding carboxylic acids is 7. The van der Waals surface area contributed by atoms with E-state index in [1.807, 2.05) is 59.7 Å². The van der Waals surface area contributed by atoms with Crippen molar-refractivity contribution in [3.05, 3.63) is 35.4 Å². The van der Waals surface area contributed by atoms with Gasteiger partial charge in [-0.05, 0) is 71.3 Å². The Bertz CT molecular complexity index is 1820. The third-order valence-electron chi connectivity index (χ3n) is 13.3. The van der Waals surface area contributed by atoms with Gasteiger partial charge in [0.15, 0.2) is 11.6 Å². The van der Waals surface area contributed by atoms with Crippen LogP contribution in [-0.2, 0) is 41.7 Å². The molecule has 6 rings (SSSR count). The number of benzene rings is 1. The number of ketones is 3. The monoisotopic (exact) mass is 832 g/mol. The van der Waals surface area contributed by atoms with Gasteiger partial charge in [-0.2, -0.15) is 0 Å². The molecule has 1 aromatic carbocycles. The number of urea groups is 1. The van der Waals surface area contributed by atoms with E-state index in [0.717, 1.165) is 37.7 Å². The Morgan fingerprint density at radius 2 is 1.55 bits per heavy atom. The molecule has 13 heteroatoms. The molecule has 0 bridgehead atoms. The second-order valence-electron chi connectivity index (χ2n) is 21.4. The van der Waals surface area contributed by atoms with Crippen LogP contribution in [0.3, 0.4) is 0 Å². The largest absolute Gasteiger partial charge is 0.444 e. The molecule has 3 heterocycles. The van der Waals surface area contributed by atoms with Crippen LogP contribution in [0.2, 0.25) is 0 Å². The second-order valence-corrected chi connectivity index (χ2v) is 21.4. The summed E-state index contributed by atoms with van der Waals surface area (Å²) in [5, 5.41) is 6.01. The summed E-state index contributed by atoms with van der Waals surface area (Å²) in [5.41, 5.74) is 0.891. The Labute approximate surface area is 356 Å². The molecule has 0 aromatic heterocycles. The van der Waals surface area contributed by atoms with Gasteiger partial charge in [0.05, 0.1) is 18.6 Å². The Hall–Kier alpha value is -4.29. The van der Waals surface area contributed by atoms with Crippen molar-refractivity contribution >= 4 is 41.3 Å². The molecule has 330 valence electrons. The number of nitrogens with one attached hydrogen (secondary N) is 2. The van der Waals surface area contributed by atoms with E-state index in [1.54, 1.807) is 9.80 Å². The first-order valence-corrected chi connectivity index (χ1v) is 22.4. The van der Waals surface area contributed by atoms with Crippen LogP contribution in [0.15, 0.2) is 24.3 Å². The number of amides is 5. The van der Waals surface area contributed by atoms with E-state index in [2.05, 4.69) is 30.5 Å². The third kappa shape index (κ3) is 11.7. The lowest BCUT2D eigenvalue weighted by atomic mass is 9.81. The fourth-order valence-electron chi connectivity index (χ4n) is 8.90. The van der Waals surface area contributed by atoms with Gasteiger partial charge in [0.2, 0.25) is 17.6 Å². The van der Waals surface area contributed by atoms with Gasteiger partial charge >= 0.3 is 12.1 Å². The van der Waals surface area contributed by atoms with Crippen molar-refractivity contribution in [1.29, 1.82) is 0 Å². The summed E-state index contributed by atoms with van der Waals surface area (Å²) in [6.07, 6.45) is 4.92. The maximum Gasteiger partial charge on any atom is 0.410 e. The number of piperidine rings is 1. The molecule has 5 amide bonds. The average Bonchev–Trinajstić information content (AvgIpc) is 4.11. The van der Waals surface area contributed by atoms with Crippen LogP contribution < -0.4 is 10.6 Å². The summed E-state index contributed by atoms with van der Waals surface area (Å²) in [6.45, 7) is 17.3. The van der Waals surface area contributed by atoms with Crippen molar-refractivity contribution in [2.45, 2.75) is 157 Å². The van der Waals surface area contributed by atoms with Crippen LogP contribution in [0.25, 0.3) is 0 Å². The van der Waals surface area contributed by atoms with Crippen molar-refractivity contribution in [2.75, 3.05) is 26.2 Å². The maximum atomic E-state index is 14.9. The fraction of sp³-hybridized carbons (Fsp3) is 0.723. The van der Waals surface area contributed by atoms with Crippen molar-refractivity contribution in [3.8, 4) is 0 Å².